The van der Waals surface area contributed by atoms with Gasteiger partial charge in [-0.25, -0.2) is 4.39 Å². The second-order valence-corrected chi connectivity index (χ2v) is 5.11. The molecule has 1 nitrogen and oxygen atoms in total. The van der Waals surface area contributed by atoms with Gasteiger partial charge in [-0.3, -0.25) is 0 Å². The Labute approximate surface area is 118 Å². The van der Waals surface area contributed by atoms with Gasteiger partial charge in [-0.1, -0.05) is 29.8 Å². The third-order valence-electron chi connectivity index (χ3n) is 3.32. The van der Waals surface area contributed by atoms with Gasteiger partial charge in [0.25, 0.3) is 0 Å². The first-order valence-electron chi connectivity index (χ1n) is 6.28. The van der Waals surface area contributed by atoms with Gasteiger partial charge in [-0.15, -0.1) is 0 Å². The first-order chi connectivity index (χ1) is 9.10. The summed E-state index contributed by atoms with van der Waals surface area (Å²) in [6.45, 7) is 2.07. The molecule has 3 heteroatoms. The summed E-state index contributed by atoms with van der Waals surface area (Å²) in [7, 11) is 1.93. The van der Waals surface area contributed by atoms with Crippen molar-refractivity contribution in [3.8, 4) is 0 Å². The van der Waals surface area contributed by atoms with Crippen molar-refractivity contribution in [3.05, 3.63) is 70.0 Å². The molecule has 0 saturated heterocycles. The Morgan fingerprint density at radius 3 is 2.47 bits per heavy atom. The average molecular weight is 278 g/mol. The van der Waals surface area contributed by atoms with Gasteiger partial charge in [-0.05, 0) is 61.3 Å². The lowest BCUT2D eigenvalue weighted by molar-refractivity contribution is 0.586. The molecule has 19 heavy (non-hydrogen) atoms. The minimum Gasteiger partial charge on any atom is -0.313 e. The Morgan fingerprint density at radius 2 is 1.84 bits per heavy atom. The summed E-state index contributed by atoms with van der Waals surface area (Å²) in [6, 6.07) is 12.7. The van der Waals surface area contributed by atoms with E-state index in [0.29, 0.717) is 0 Å². The van der Waals surface area contributed by atoms with Crippen LogP contribution in [-0.4, -0.2) is 7.05 Å². The zero-order valence-corrected chi connectivity index (χ0v) is 11.8. The number of halogens is 2. The molecule has 0 saturated carbocycles. The van der Waals surface area contributed by atoms with Gasteiger partial charge in [-0.2, -0.15) is 0 Å². The first kappa shape index (κ1) is 14.0. The summed E-state index contributed by atoms with van der Waals surface area (Å²) >= 11 is 6.06. The van der Waals surface area contributed by atoms with Crippen LogP contribution in [0.5, 0.6) is 0 Å². The highest BCUT2D eigenvalue weighted by Gasteiger charge is 2.13. The Hall–Kier alpha value is -1.38. The van der Waals surface area contributed by atoms with E-state index in [1.165, 1.54) is 23.3 Å². The van der Waals surface area contributed by atoms with Gasteiger partial charge < -0.3 is 5.32 Å². The normalized spacial score (nSPS) is 12.4. The molecule has 100 valence electrons. The molecule has 0 bridgehead atoms. The number of likely N-dealkylation sites (N-methyl/N-ethyl adjacent to an activating group) is 1. The molecule has 0 aliphatic rings. The molecule has 2 aromatic rings. The number of hydrogen-bond acceptors (Lipinski definition) is 1. The van der Waals surface area contributed by atoms with Crippen LogP contribution in [0.2, 0.25) is 5.02 Å². The summed E-state index contributed by atoms with van der Waals surface area (Å²) in [5.74, 6) is -0.205. The van der Waals surface area contributed by atoms with E-state index < -0.39 is 0 Å². The van der Waals surface area contributed by atoms with E-state index in [2.05, 4.69) is 12.2 Å². The third kappa shape index (κ3) is 3.55. The Balaban J connectivity index is 2.24. The lowest BCUT2D eigenvalue weighted by Gasteiger charge is -2.19. The molecule has 1 atom stereocenters. The number of nitrogens with one attached hydrogen (secondary N) is 1. The van der Waals surface area contributed by atoms with Crippen molar-refractivity contribution in [1.29, 1.82) is 0 Å². The second kappa shape index (κ2) is 6.18. The van der Waals surface area contributed by atoms with Crippen molar-refractivity contribution in [1.82, 2.24) is 5.32 Å². The van der Waals surface area contributed by atoms with Gasteiger partial charge in [0.15, 0.2) is 0 Å². The van der Waals surface area contributed by atoms with Crippen LogP contribution in [0.4, 0.5) is 4.39 Å². The highest BCUT2D eigenvalue weighted by molar-refractivity contribution is 6.30. The fourth-order valence-electron chi connectivity index (χ4n) is 2.21. The molecule has 0 aromatic heterocycles. The average Bonchev–Trinajstić information content (AvgIpc) is 2.41. The minimum atomic E-state index is -0.205. The van der Waals surface area contributed by atoms with Gasteiger partial charge in [0.05, 0.1) is 0 Å². The number of benzene rings is 2. The molecular formula is C16H17ClFN. The van der Waals surface area contributed by atoms with Crippen LogP contribution in [-0.2, 0) is 6.42 Å². The zero-order valence-electron chi connectivity index (χ0n) is 11.1. The maximum atomic E-state index is 12.9. The van der Waals surface area contributed by atoms with E-state index in [0.717, 1.165) is 17.0 Å². The smallest absolute Gasteiger partial charge is 0.123 e. The molecule has 0 fully saturated rings. The molecule has 0 spiro atoms. The first-order valence-corrected chi connectivity index (χ1v) is 6.65. The van der Waals surface area contributed by atoms with Gasteiger partial charge in [0.2, 0.25) is 0 Å². The molecule has 1 N–H and O–H groups in total. The minimum absolute atomic E-state index is 0.171. The van der Waals surface area contributed by atoms with Crippen molar-refractivity contribution in [2.24, 2.45) is 0 Å². The number of aryl methyl sites for hydroxylation is 1. The Bertz CT molecular complexity index is 551. The van der Waals surface area contributed by atoms with Crippen LogP contribution < -0.4 is 5.32 Å². The molecule has 0 aliphatic heterocycles. The van der Waals surface area contributed by atoms with Crippen LogP contribution in [0, 0.1) is 12.7 Å². The molecule has 0 heterocycles. The number of rotatable bonds is 4. The van der Waals surface area contributed by atoms with Crippen LogP contribution >= 0.6 is 11.6 Å². The third-order valence-corrected chi connectivity index (χ3v) is 3.55. The van der Waals surface area contributed by atoms with Crippen LogP contribution in [0.25, 0.3) is 0 Å². The maximum Gasteiger partial charge on any atom is 0.123 e. The van der Waals surface area contributed by atoms with E-state index in [1.807, 2.05) is 37.4 Å². The summed E-state index contributed by atoms with van der Waals surface area (Å²) < 4.78 is 12.9. The van der Waals surface area contributed by atoms with Crippen LogP contribution in [0.1, 0.15) is 22.7 Å². The summed E-state index contributed by atoms with van der Waals surface area (Å²) in [6.07, 6.45) is 0.804. The fraction of sp³-hybridized carbons (Fsp3) is 0.250. The number of hydrogen-bond donors (Lipinski definition) is 1. The van der Waals surface area contributed by atoms with E-state index in [4.69, 9.17) is 11.6 Å². The highest BCUT2D eigenvalue weighted by atomic mass is 35.5. The zero-order chi connectivity index (χ0) is 13.8. The second-order valence-electron chi connectivity index (χ2n) is 4.67. The topological polar surface area (TPSA) is 12.0 Å². The van der Waals surface area contributed by atoms with Crippen molar-refractivity contribution in [2.45, 2.75) is 19.4 Å². The summed E-state index contributed by atoms with van der Waals surface area (Å²) in [5.41, 5.74) is 3.48. The van der Waals surface area contributed by atoms with E-state index in [9.17, 15) is 4.39 Å². The molecular weight excluding hydrogens is 261 g/mol. The molecule has 0 aliphatic carbocycles. The Kier molecular flexibility index (Phi) is 4.56. The van der Waals surface area contributed by atoms with Crippen molar-refractivity contribution in [3.63, 3.8) is 0 Å². The summed E-state index contributed by atoms with van der Waals surface area (Å²) in [5, 5.41) is 4.03. The Morgan fingerprint density at radius 1 is 1.16 bits per heavy atom. The van der Waals surface area contributed by atoms with Gasteiger partial charge in [0, 0.05) is 11.1 Å². The fourth-order valence-corrected chi connectivity index (χ4v) is 2.39. The lowest BCUT2D eigenvalue weighted by atomic mass is 9.95. The van der Waals surface area contributed by atoms with E-state index >= 15 is 0 Å². The monoisotopic (exact) mass is 277 g/mol. The SMILES string of the molecule is CNC(Cc1ccc(F)cc1)c1cc(Cl)ccc1C. The molecule has 1 unspecified atom stereocenters. The van der Waals surface area contributed by atoms with Crippen LogP contribution in [0.3, 0.4) is 0 Å². The largest absolute Gasteiger partial charge is 0.313 e. The standard InChI is InChI=1S/C16H17ClFN/c1-11-3-6-13(17)10-15(11)16(19-2)9-12-4-7-14(18)8-5-12/h3-8,10,16,19H,9H2,1-2H3. The predicted molar refractivity (Wildman–Crippen MR) is 78.1 cm³/mol. The van der Waals surface area contributed by atoms with Crippen molar-refractivity contribution in [2.75, 3.05) is 7.05 Å². The molecule has 2 aromatic carbocycles. The van der Waals surface area contributed by atoms with E-state index in [-0.39, 0.29) is 11.9 Å². The van der Waals surface area contributed by atoms with Crippen LogP contribution in [0.15, 0.2) is 42.5 Å². The van der Waals surface area contributed by atoms with Crippen molar-refractivity contribution < 1.29 is 4.39 Å². The maximum absolute atomic E-state index is 12.9. The molecule has 0 amide bonds. The highest BCUT2D eigenvalue weighted by Crippen LogP contribution is 2.24. The van der Waals surface area contributed by atoms with Crippen molar-refractivity contribution >= 4 is 11.6 Å². The predicted octanol–water partition coefficient (Wildman–Crippen LogP) is 4.29. The summed E-state index contributed by atoms with van der Waals surface area (Å²) in [4.78, 5) is 0. The van der Waals surface area contributed by atoms with Gasteiger partial charge >= 0.3 is 0 Å². The quantitative estimate of drug-likeness (QED) is 0.879. The van der Waals surface area contributed by atoms with Gasteiger partial charge in [0.1, 0.15) is 5.82 Å². The molecule has 0 radical (unpaired) electrons. The lowest BCUT2D eigenvalue weighted by Crippen LogP contribution is -2.19. The molecule has 2 rings (SSSR count). The van der Waals surface area contributed by atoms with E-state index in [1.54, 1.807) is 0 Å².